The molecule has 0 bridgehead atoms. The predicted molar refractivity (Wildman–Crippen MR) is 189 cm³/mol. The molecule has 7 nitrogen and oxygen atoms in total. The Morgan fingerprint density at radius 2 is 1.54 bits per heavy atom. The summed E-state index contributed by atoms with van der Waals surface area (Å²) in [6.07, 6.45) is 0.199. The lowest BCUT2D eigenvalue weighted by atomic mass is 10.0. The third-order valence-electron chi connectivity index (χ3n) is 7.31. The van der Waals surface area contributed by atoms with E-state index >= 15 is 0 Å². The zero-order valence-electron chi connectivity index (χ0n) is 25.8. The van der Waals surface area contributed by atoms with E-state index in [2.05, 4.69) is 21.2 Å². The van der Waals surface area contributed by atoms with E-state index in [0.29, 0.717) is 27.8 Å². The lowest BCUT2D eigenvalue weighted by Gasteiger charge is -2.34. The Morgan fingerprint density at radius 3 is 2.15 bits per heavy atom. The number of halogens is 3. The first-order valence-corrected chi connectivity index (χ1v) is 17.7. The first kappa shape index (κ1) is 35.5. The number of hydrogen-bond acceptors (Lipinski definition) is 4. The molecule has 2 amide bonds. The monoisotopic (exact) mass is 743 g/mol. The molecule has 0 saturated heterocycles. The highest BCUT2D eigenvalue weighted by atomic mass is 79.9. The fourth-order valence-electron chi connectivity index (χ4n) is 4.78. The highest BCUT2D eigenvalue weighted by molar-refractivity contribution is 9.10. The number of nitrogens with one attached hydrogen (secondary N) is 1. The molecular weight excluding hydrogens is 709 g/mol. The fourth-order valence-corrected chi connectivity index (χ4v) is 6.93. The first-order valence-electron chi connectivity index (χ1n) is 14.7. The van der Waals surface area contributed by atoms with Gasteiger partial charge in [-0.15, -0.1) is 0 Å². The van der Waals surface area contributed by atoms with Gasteiger partial charge in [-0.25, -0.2) is 8.42 Å². The smallest absolute Gasteiger partial charge is 0.264 e. The van der Waals surface area contributed by atoms with Crippen molar-refractivity contribution in [1.29, 1.82) is 0 Å². The Bertz CT molecular complexity index is 1750. The molecule has 0 fully saturated rings. The van der Waals surface area contributed by atoms with Crippen LogP contribution in [0.2, 0.25) is 10.0 Å². The lowest BCUT2D eigenvalue weighted by molar-refractivity contribution is -0.140. The van der Waals surface area contributed by atoms with E-state index in [0.717, 1.165) is 19.9 Å². The second kappa shape index (κ2) is 16.0. The SMILES string of the molecule is Cc1ccc(S(=O)(=O)N(CC(=O)N(Cc2ccc(Cl)cc2Cl)[C@@H](Cc2ccccc2)C(=O)NCC(C)C)c2ccc(Br)cc2)cc1. The zero-order valence-corrected chi connectivity index (χ0v) is 29.7. The molecule has 46 heavy (non-hydrogen) atoms. The van der Waals surface area contributed by atoms with E-state index < -0.39 is 28.5 Å². The standard InChI is InChI=1S/C35H36BrCl2N3O4S/c1-24(2)21-39-35(43)33(19-26-7-5-4-6-8-26)40(22-27-11-14-29(37)20-32(27)38)34(42)23-41(30-15-12-28(36)13-16-30)46(44,45)31-17-9-25(3)10-18-31/h4-18,20,24,33H,19,21-23H2,1-3H3,(H,39,43)/t33-/m0/s1. The average Bonchev–Trinajstić information content (AvgIpc) is 3.02. The van der Waals surface area contributed by atoms with Gasteiger partial charge in [-0.3, -0.25) is 13.9 Å². The Balaban J connectivity index is 1.81. The quantitative estimate of drug-likeness (QED) is 0.152. The number of carbonyl (C=O) groups is 2. The summed E-state index contributed by atoms with van der Waals surface area (Å²) in [6.45, 7) is 5.61. The molecule has 1 atom stereocenters. The van der Waals surface area contributed by atoms with E-state index in [1.54, 1.807) is 54.6 Å². The second-order valence-corrected chi connectivity index (χ2v) is 15.0. The van der Waals surface area contributed by atoms with Crippen molar-refractivity contribution in [3.05, 3.63) is 128 Å². The van der Waals surface area contributed by atoms with Crippen LogP contribution in [0.3, 0.4) is 0 Å². The average molecular weight is 746 g/mol. The largest absolute Gasteiger partial charge is 0.354 e. The van der Waals surface area contributed by atoms with Crippen LogP contribution in [0.1, 0.15) is 30.5 Å². The van der Waals surface area contributed by atoms with Crippen LogP contribution in [0.4, 0.5) is 5.69 Å². The molecule has 0 heterocycles. The van der Waals surface area contributed by atoms with E-state index in [1.165, 1.54) is 17.0 Å². The van der Waals surface area contributed by atoms with Crippen molar-refractivity contribution in [1.82, 2.24) is 10.2 Å². The van der Waals surface area contributed by atoms with Gasteiger partial charge in [-0.05, 0) is 72.5 Å². The van der Waals surface area contributed by atoms with Gasteiger partial charge in [0, 0.05) is 34.0 Å². The number of hydrogen-bond donors (Lipinski definition) is 1. The molecule has 0 aliphatic heterocycles. The van der Waals surface area contributed by atoms with Crippen LogP contribution in [-0.2, 0) is 32.6 Å². The number of carbonyl (C=O) groups excluding carboxylic acids is 2. The zero-order chi connectivity index (χ0) is 33.4. The molecule has 4 aromatic carbocycles. The second-order valence-electron chi connectivity index (χ2n) is 11.4. The normalized spacial score (nSPS) is 12.1. The van der Waals surface area contributed by atoms with Crippen LogP contribution in [0.15, 0.2) is 106 Å². The number of sulfonamides is 1. The third-order valence-corrected chi connectivity index (χ3v) is 10.2. The minimum atomic E-state index is -4.20. The van der Waals surface area contributed by atoms with Crippen molar-refractivity contribution >= 4 is 66.7 Å². The molecule has 0 radical (unpaired) electrons. The fraction of sp³-hybridized carbons (Fsp3) is 0.257. The highest BCUT2D eigenvalue weighted by Crippen LogP contribution is 2.28. The summed E-state index contributed by atoms with van der Waals surface area (Å²) < 4.78 is 30.1. The van der Waals surface area contributed by atoms with E-state index in [-0.39, 0.29) is 29.7 Å². The molecular formula is C35H36BrCl2N3O4S. The molecule has 0 spiro atoms. The summed E-state index contributed by atoms with van der Waals surface area (Å²) in [4.78, 5) is 29.9. The molecule has 0 saturated carbocycles. The topological polar surface area (TPSA) is 86.8 Å². The molecule has 4 aromatic rings. The molecule has 0 aromatic heterocycles. The summed E-state index contributed by atoms with van der Waals surface area (Å²) in [5.74, 6) is -0.762. The molecule has 242 valence electrons. The minimum absolute atomic E-state index is 0.0385. The lowest BCUT2D eigenvalue weighted by Crippen LogP contribution is -2.53. The van der Waals surface area contributed by atoms with Gasteiger partial charge >= 0.3 is 0 Å². The van der Waals surface area contributed by atoms with Crippen molar-refractivity contribution in [2.24, 2.45) is 5.92 Å². The van der Waals surface area contributed by atoms with Gasteiger partial charge < -0.3 is 10.2 Å². The van der Waals surface area contributed by atoms with Crippen LogP contribution in [-0.4, -0.2) is 44.3 Å². The van der Waals surface area contributed by atoms with Crippen LogP contribution in [0.25, 0.3) is 0 Å². The number of anilines is 1. The van der Waals surface area contributed by atoms with Crippen molar-refractivity contribution in [3.8, 4) is 0 Å². The Kier molecular flexibility index (Phi) is 12.3. The van der Waals surface area contributed by atoms with Gasteiger partial charge in [0.15, 0.2) is 0 Å². The summed E-state index contributed by atoms with van der Waals surface area (Å²) in [6, 6.07) is 26.4. The van der Waals surface area contributed by atoms with Gasteiger partial charge in [0.1, 0.15) is 12.6 Å². The van der Waals surface area contributed by atoms with Crippen LogP contribution in [0.5, 0.6) is 0 Å². The summed E-state index contributed by atoms with van der Waals surface area (Å²) in [7, 11) is -4.20. The van der Waals surface area contributed by atoms with Gasteiger partial charge in [-0.2, -0.15) is 0 Å². The van der Waals surface area contributed by atoms with Crippen LogP contribution < -0.4 is 9.62 Å². The minimum Gasteiger partial charge on any atom is -0.354 e. The van der Waals surface area contributed by atoms with Crippen molar-refractivity contribution in [2.75, 3.05) is 17.4 Å². The molecule has 1 N–H and O–H groups in total. The molecule has 0 aliphatic carbocycles. The third kappa shape index (κ3) is 9.35. The Morgan fingerprint density at radius 1 is 0.891 bits per heavy atom. The maximum atomic E-state index is 14.5. The maximum Gasteiger partial charge on any atom is 0.264 e. The number of amides is 2. The van der Waals surface area contributed by atoms with Crippen molar-refractivity contribution < 1.29 is 18.0 Å². The molecule has 0 aliphatic rings. The van der Waals surface area contributed by atoms with Crippen molar-refractivity contribution in [3.63, 3.8) is 0 Å². The van der Waals surface area contributed by atoms with Gasteiger partial charge in [-0.1, -0.05) is 107 Å². The molecule has 0 unspecified atom stereocenters. The number of benzene rings is 4. The van der Waals surface area contributed by atoms with Crippen LogP contribution in [0, 0.1) is 12.8 Å². The first-order chi connectivity index (χ1) is 21.8. The van der Waals surface area contributed by atoms with Gasteiger partial charge in [0.05, 0.1) is 10.6 Å². The van der Waals surface area contributed by atoms with Gasteiger partial charge in [0.25, 0.3) is 10.0 Å². The van der Waals surface area contributed by atoms with E-state index in [9.17, 15) is 18.0 Å². The van der Waals surface area contributed by atoms with E-state index in [4.69, 9.17) is 23.2 Å². The van der Waals surface area contributed by atoms with Gasteiger partial charge in [0.2, 0.25) is 11.8 Å². The predicted octanol–water partition coefficient (Wildman–Crippen LogP) is 7.67. The summed E-state index contributed by atoms with van der Waals surface area (Å²) in [5, 5.41) is 3.72. The molecule has 11 heteroatoms. The van der Waals surface area contributed by atoms with Crippen LogP contribution >= 0.6 is 39.1 Å². The highest BCUT2D eigenvalue weighted by Gasteiger charge is 2.35. The number of aryl methyl sites for hydroxylation is 1. The number of rotatable bonds is 13. The van der Waals surface area contributed by atoms with Crippen molar-refractivity contribution in [2.45, 2.75) is 44.7 Å². The summed E-state index contributed by atoms with van der Waals surface area (Å²) >= 11 is 16.1. The number of nitrogens with zero attached hydrogens (tertiary/aromatic N) is 2. The summed E-state index contributed by atoms with van der Waals surface area (Å²) in [5.41, 5.74) is 2.59. The van der Waals surface area contributed by atoms with E-state index in [1.807, 2.05) is 51.1 Å². The molecule has 4 rings (SSSR count). The Hall–Kier alpha value is -3.37. The maximum absolute atomic E-state index is 14.5. The Labute approximate surface area is 289 Å².